The molecule has 0 saturated heterocycles. The van der Waals surface area contributed by atoms with Gasteiger partial charge in [0.1, 0.15) is 0 Å². The van der Waals surface area contributed by atoms with Crippen molar-refractivity contribution in [2.75, 3.05) is 6.66 Å². The predicted molar refractivity (Wildman–Crippen MR) is 104 cm³/mol. The number of benzene rings is 3. The van der Waals surface area contributed by atoms with E-state index in [-0.39, 0.29) is 9.90 Å². The first-order valence-electron chi connectivity index (χ1n) is 6.98. The van der Waals surface area contributed by atoms with Crippen LogP contribution in [0.15, 0.2) is 91.0 Å². The Hall–Kier alpha value is -1.48. The van der Waals surface area contributed by atoms with Crippen LogP contribution in [0, 0.1) is 0 Å². The molecule has 1 atom stereocenters. The zero-order valence-electron chi connectivity index (χ0n) is 12.4. The Morgan fingerprint density at radius 2 is 0.714 bits per heavy atom. The van der Waals surface area contributed by atoms with E-state index in [1.807, 2.05) is 0 Å². The molecule has 0 N–H and O–H groups in total. The van der Waals surface area contributed by atoms with E-state index in [9.17, 15) is 0 Å². The molecule has 21 heavy (non-hydrogen) atoms. The summed E-state index contributed by atoms with van der Waals surface area (Å²) in [6, 6.07) is 32.8. The first-order chi connectivity index (χ1) is 9.82. The molecule has 0 heterocycles. The Labute approximate surface area is 131 Å². The predicted octanol–water partition coefficient (Wildman–Crippen LogP) is 3.40. The Bertz CT molecular complexity index is 567. The maximum absolute atomic E-state index is 2.44. The van der Waals surface area contributed by atoms with Crippen LogP contribution >= 0.6 is 17.2 Å². The van der Waals surface area contributed by atoms with E-state index < -0.39 is 7.26 Å². The first kappa shape index (κ1) is 15.9. The van der Waals surface area contributed by atoms with Crippen LogP contribution in [0.3, 0.4) is 0 Å². The van der Waals surface area contributed by atoms with Gasteiger partial charge in [0.05, 0.1) is 0 Å². The summed E-state index contributed by atoms with van der Waals surface area (Å²) in [5.74, 6) is 0. The SMILES string of the molecule is C[PH](c1ccccc1)(c1ccccc1)c1ccccc1.P. The van der Waals surface area contributed by atoms with Gasteiger partial charge in [0, 0.05) is 0 Å². The van der Waals surface area contributed by atoms with Gasteiger partial charge in [0.25, 0.3) is 0 Å². The average molecular weight is 312 g/mol. The zero-order valence-corrected chi connectivity index (χ0v) is 14.8. The van der Waals surface area contributed by atoms with Gasteiger partial charge in [-0.3, -0.25) is 0 Å². The summed E-state index contributed by atoms with van der Waals surface area (Å²) in [7, 11) is -1.88. The van der Waals surface area contributed by atoms with Gasteiger partial charge in [-0.05, 0) is 0 Å². The second-order valence-corrected chi connectivity index (χ2v) is 9.21. The largest absolute Gasteiger partial charge is 0.153 e. The van der Waals surface area contributed by atoms with E-state index in [4.69, 9.17) is 0 Å². The summed E-state index contributed by atoms with van der Waals surface area (Å²) in [6.45, 7) is 2.44. The van der Waals surface area contributed by atoms with Crippen molar-refractivity contribution in [3.63, 3.8) is 0 Å². The molecule has 0 radical (unpaired) electrons. The molecule has 2 heteroatoms. The number of hydrogen-bond acceptors (Lipinski definition) is 0. The molecule has 0 bridgehead atoms. The number of hydrogen-bond donors (Lipinski definition) is 0. The summed E-state index contributed by atoms with van der Waals surface area (Å²) in [5.41, 5.74) is 0. The maximum Gasteiger partial charge on any atom is -0.153 e. The van der Waals surface area contributed by atoms with Crippen molar-refractivity contribution < 1.29 is 0 Å². The van der Waals surface area contributed by atoms with Crippen LogP contribution in [0.25, 0.3) is 0 Å². The molecule has 0 nitrogen and oxygen atoms in total. The van der Waals surface area contributed by atoms with Crippen LogP contribution < -0.4 is 15.9 Å². The monoisotopic (exact) mass is 312 g/mol. The molecular weight excluding hydrogens is 290 g/mol. The van der Waals surface area contributed by atoms with E-state index in [1.165, 1.54) is 15.9 Å². The third kappa shape index (κ3) is 3.08. The minimum absolute atomic E-state index is 0. The third-order valence-electron chi connectivity index (χ3n) is 4.05. The van der Waals surface area contributed by atoms with Crippen LogP contribution in [-0.2, 0) is 0 Å². The van der Waals surface area contributed by atoms with Gasteiger partial charge in [-0.15, -0.1) is 0 Å². The van der Waals surface area contributed by atoms with Crippen molar-refractivity contribution in [3.8, 4) is 0 Å². The van der Waals surface area contributed by atoms with Crippen molar-refractivity contribution in [1.29, 1.82) is 0 Å². The average Bonchev–Trinajstić information content (AvgIpc) is 2.56. The van der Waals surface area contributed by atoms with Gasteiger partial charge in [-0.25, -0.2) is 0 Å². The Morgan fingerprint density at radius 1 is 0.476 bits per heavy atom. The van der Waals surface area contributed by atoms with Crippen molar-refractivity contribution in [1.82, 2.24) is 0 Å². The Kier molecular flexibility index (Phi) is 5.29. The minimum atomic E-state index is -1.88. The summed E-state index contributed by atoms with van der Waals surface area (Å²) >= 11 is 0. The molecule has 0 aliphatic heterocycles. The molecule has 0 aliphatic rings. The second-order valence-electron chi connectivity index (χ2n) is 5.22. The fraction of sp³-hybridized carbons (Fsp3) is 0.0526. The Morgan fingerprint density at radius 3 is 0.952 bits per heavy atom. The summed E-state index contributed by atoms with van der Waals surface area (Å²) in [6.07, 6.45) is 0. The van der Waals surface area contributed by atoms with E-state index >= 15 is 0 Å². The van der Waals surface area contributed by atoms with Gasteiger partial charge in [0.15, 0.2) is 0 Å². The Balaban J connectivity index is 0.00000161. The topological polar surface area (TPSA) is 0 Å². The van der Waals surface area contributed by atoms with Crippen LogP contribution in [0.4, 0.5) is 0 Å². The molecule has 0 spiro atoms. The zero-order chi connectivity index (χ0) is 13.8. The molecule has 3 aromatic carbocycles. The summed E-state index contributed by atoms with van der Waals surface area (Å²) in [5, 5.41) is 4.37. The van der Waals surface area contributed by atoms with Crippen molar-refractivity contribution >= 4 is 33.1 Å². The third-order valence-corrected chi connectivity index (χ3v) is 8.52. The maximum atomic E-state index is 2.44. The fourth-order valence-electron chi connectivity index (χ4n) is 2.81. The standard InChI is InChI=1S/C19H19P.H3P/c1-20(17-11-5-2-6-12-17,18-13-7-3-8-14-18)19-15-9-4-10-16-19;/h2-16,20H,1H3;1H3. The minimum Gasteiger partial charge on any atom is -0.153 e. The van der Waals surface area contributed by atoms with E-state index in [0.717, 1.165) is 0 Å². The molecule has 0 amide bonds. The van der Waals surface area contributed by atoms with Crippen molar-refractivity contribution in [3.05, 3.63) is 91.0 Å². The molecule has 1 unspecified atom stereocenters. The fourth-order valence-corrected chi connectivity index (χ4v) is 6.39. The first-order valence-corrected chi connectivity index (χ1v) is 9.48. The summed E-state index contributed by atoms with van der Waals surface area (Å²) < 4.78 is 0. The van der Waals surface area contributed by atoms with Crippen LogP contribution in [0.2, 0.25) is 0 Å². The quantitative estimate of drug-likeness (QED) is 0.650. The molecule has 3 rings (SSSR count). The van der Waals surface area contributed by atoms with Crippen molar-refractivity contribution in [2.24, 2.45) is 0 Å². The number of rotatable bonds is 3. The molecular formula is C19H22P2. The molecule has 0 aromatic heterocycles. The molecule has 0 fully saturated rings. The summed E-state index contributed by atoms with van der Waals surface area (Å²) in [4.78, 5) is 0. The van der Waals surface area contributed by atoms with Gasteiger partial charge >= 0.3 is 121 Å². The van der Waals surface area contributed by atoms with E-state index in [2.05, 4.69) is 97.7 Å². The molecule has 0 saturated carbocycles. The smallest absolute Gasteiger partial charge is 0.153 e. The van der Waals surface area contributed by atoms with Gasteiger partial charge in [-0.2, -0.15) is 9.90 Å². The van der Waals surface area contributed by atoms with E-state index in [1.54, 1.807) is 0 Å². The van der Waals surface area contributed by atoms with Gasteiger partial charge in [-0.1, -0.05) is 0 Å². The van der Waals surface area contributed by atoms with Crippen molar-refractivity contribution in [2.45, 2.75) is 0 Å². The molecule has 108 valence electrons. The normalized spacial score (nSPS) is 11.5. The van der Waals surface area contributed by atoms with Gasteiger partial charge in [0.2, 0.25) is 0 Å². The molecule has 3 aromatic rings. The van der Waals surface area contributed by atoms with Crippen LogP contribution in [0.1, 0.15) is 0 Å². The second kappa shape index (κ2) is 6.99. The van der Waals surface area contributed by atoms with Gasteiger partial charge < -0.3 is 0 Å². The molecule has 0 aliphatic carbocycles. The van der Waals surface area contributed by atoms with Crippen LogP contribution in [-0.4, -0.2) is 6.66 Å². The van der Waals surface area contributed by atoms with E-state index in [0.29, 0.717) is 0 Å². The van der Waals surface area contributed by atoms with Crippen LogP contribution in [0.5, 0.6) is 0 Å².